The van der Waals surface area contributed by atoms with Gasteiger partial charge in [0.15, 0.2) is 11.8 Å². The second kappa shape index (κ2) is 7.32. The molecule has 3 heterocycles. The van der Waals surface area contributed by atoms with Crippen LogP contribution in [0.25, 0.3) is 0 Å². The average molecular weight is 318 g/mol. The zero-order valence-electron chi connectivity index (χ0n) is 14.8. The fraction of sp³-hybridized carbons (Fsp3) is 0.824. The Bertz CT molecular complexity index is 545. The highest BCUT2D eigenvalue weighted by Gasteiger charge is 2.29. The van der Waals surface area contributed by atoms with E-state index in [1.807, 2.05) is 7.05 Å². The maximum Gasteiger partial charge on any atom is 0.194 e. The Labute approximate surface area is 139 Å². The van der Waals surface area contributed by atoms with Gasteiger partial charge < -0.3 is 14.8 Å². The van der Waals surface area contributed by atoms with Crippen LogP contribution < -0.4 is 5.32 Å². The third-order valence-electron chi connectivity index (χ3n) is 5.54. The van der Waals surface area contributed by atoms with Crippen molar-refractivity contribution in [2.24, 2.45) is 16.8 Å². The number of aliphatic imine (C=N–C) groups is 1. The number of guanidine groups is 1. The van der Waals surface area contributed by atoms with Crippen LogP contribution >= 0.6 is 0 Å². The molecule has 1 N–H and O–H groups in total. The molecule has 0 spiro atoms. The SMILES string of the molecule is CCC(CC)C1CCN(C(=NC)NCc2nnc3n2CCC3)C1. The molecule has 1 aromatic rings. The molecule has 128 valence electrons. The van der Waals surface area contributed by atoms with E-state index in [-0.39, 0.29) is 0 Å². The van der Waals surface area contributed by atoms with Crippen LogP contribution in [-0.2, 0) is 19.5 Å². The van der Waals surface area contributed by atoms with E-state index in [1.165, 1.54) is 25.7 Å². The van der Waals surface area contributed by atoms with Crippen molar-refractivity contribution in [3.8, 4) is 0 Å². The summed E-state index contributed by atoms with van der Waals surface area (Å²) in [6.07, 6.45) is 6.11. The van der Waals surface area contributed by atoms with Gasteiger partial charge in [0, 0.05) is 33.1 Å². The minimum Gasteiger partial charge on any atom is -0.349 e. The number of fused-ring (bicyclic) bond motifs is 1. The van der Waals surface area contributed by atoms with Crippen LogP contribution in [0.5, 0.6) is 0 Å². The molecule has 0 aliphatic carbocycles. The first-order valence-corrected chi connectivity index (χ1v) is 9.13. The van der Waals surface area contributed by atoms with E-state index in [0.717, 1.165) is 55.5 Å². The zero-order valence-corrected chi connectivity index (χ0v) is 14.8. The molecular formula is C17H30N6. The summed E-state index contributed by atoms with van der Waals surface area (Å²) in [5.74, 6) is 4.83. The predicted octanol–water partition coefficient (Wildman–Crippen LogP) is 2.06. The molecule has 0 saturated carbocycles. The van der Waals surface area contributed by atoms with Crippen molar-refractivity contribution >= 4 is 5.96 Å². The Morgan fingerprint density at radius 1 is 1.30 bits per heavy atom. The molecule has 1 atom stereocenters. The van der Waals surface area contributed by atoms with Gasteiger partial charge >= 0.3 is 0 Å². The van der Waals surface area contributed by atoms with Crippen molar-refractivity contribution in [2.75, 3.05) is 20.1 Å². The number of rotatable bonds is 5. The Hall–Kier alpha value is -1.59. The van der Waals surface area contributed by atoms with Gasteiger partial charge in [-0.25, -0.2) is 0 Å². The van der Waals surface area contributed by atoms with Crippen molar-refractivity contribution in [2.45, 2.75) is 59.0 Å². The molecule has 0 amide bonds. The number of nitrogens with zero attached hydrogens (tertiary/aromatic N) is 5. The predicted molar refractivity (Wildman–Crippen MR) is 92.3 cm³/mol. The summed E-state index contributed by atoms with van der Waals surface area (Å²) < 4.78 is 2.25. The van der Waals surface area contributed by atoms with Crippen molar-refractivity contribution in [3.63, 3.8) is 0 Å². The second-order valence-electron chi connectivity index (χ2n) is 6.76. The maximum absolute atomic E-state index is 4.48. The van der Waals surface area contributed by atoms with E-state index in [4.69, 9.17) is 0 Å². The summed E-state index contributed by atoms with van der Waals surface area (Å²) in [6.45, 7) is 8.64. The molecule has 1 aromatic heterocycles. The summed E-state index contributed by atoms with van der Waals surface area (Å²) in [5, 5.41) is 12.1. The Morgan fingerprint density at radius 3 is 2.87 bits per heavy atom. The van der Waals surface area contributed by atoms with Crippen LogP contribution in [0.1, 0.15) is 51.2 Å². The smallest absolute Gasteiger partial charge is 0.194 e. The number of aromatic nitrogens is 3. The van der Waals surface area contributed by atoms with Gasteiger partial charge in [-0.05, 0) is 24.7 Å². The molecule has 2 aliphatic heterocycles. The van der Waals surface area contributed by atoms with Gasteiger partial charge in [-0.3, -0.25) is 4.99 Å². The average Bonchev–Trinajstić information content (AvgIpc) is 3.27. The highest BCUT2D eigenvalue weighted by molar-refractivity contribution is 5.80. The molecule has 6 nitrogen and oxygen atoms in total. The van der Waals surface area contributed by atoms with Crippen LogP contribution in [0.3, 0.4) is 0 Å². The van der Waals surface area contributed by atoms with Crippen LogP contribution in [-0.4, -0.2) is 45.8 Å². The number of hydrogen-bond acceptors (Lipinski definition) is 3. The first-order valence-electron chi connectivity index (χ1n) is 9.13. The van der Waals surface area contributed by atoms with Gasteiger partial charge in [0.2, 0.25) is 0 Å². The Kier molecular flexibility index (Phi) is 5.18. The Balaban J connectivity index is 1.56. The topological polar surface area (TPSA) is 58.3 Å². The molecule has 1 saturated heterocycles. The summed E-state index contributed by atoms with van der Waals surface area (Å²) in [7, 11) is 1.88. The van der Waals surface area contributed by atoms with E-state index in [0.29, 0.717) is 6.54 Å². The summed E-state index contributed by atoms with van der Waals surface area (Å²) in [6, 6.07) is 0. The molecular weight excluding hydrogens is 288 g/mol. The fourth-order valence-electron chi connectivity index (χ4n) is 4.15. The van der Waals surface area contributed by atoms with Crippen LogP contribution in [0.4, 0.5) is 0 Å². The molecule has 1 unspecified atom stereocenters. The molecule has 3 rings (SSSR count). The molecule has 6 heteroatoms. The lowest BCUT2D eigenvalue weighted by Gasteiger charge is -2.24. The minimum absolute atomic E-state index is 0.714. The highest BCUT2D eigenvalue weighted by atomic mass is 15.3. The minimum atomic E-state index is 0.714. The molecule has 2 aliphatic rings. The zero-order chi connectivity index (χ0) is 16.2. The largest absolute Gasteiger partial charge is 0.349 e. The van der Waals surface area contributed by atoms with Gasteiger partial charge in [0.25, 0.3) is 0 Å². The number of likely N-dealkylation sites (tertiary alicyclic amines) is 1. The van der Waals surface area contributed by atoms with Crippen LogP contribution in [0.2, 0.25) is 0 Å². The third kappa shape index (κ3) is 3.35. The molecule has 0 aromatic carbocycles. The number of hydrogen-bond donors (Lipinski definition) is 1. The van der Waals surface area contributed by atoms with E-state index in [2.05, 4.69) is 43.8 Å². The van der Waals surface area contributed by atoms with E-state index in [1.54, 1.807) is 0 Å². The maximum atomic E-state index is 4.48. The van der Waals surface area contributed by atoms with E-state index in [9.17, 15) is 0 Å². The summed E-state index contributed by atoms with van der Waals surface area (Å²) in [5.41, 5.74) is 0. The van der Waals surface area contributed by atoms with Crippen LogP contribution in [0.15, 0.2) is 4.99 Å². The second-order valence-corrected chi connectivity index (χ2v) is 6.76. The monoisotopic (exact) mass is 318 g/mol. The third-order valence-corrected chi connectivity index (χ3v) is 5.54. The van der Waals surface area contributed by atoms with E-state index < -0.39 is 0 Å². The molecule has 0 bridgehead atoms. The molecule has 23 heavy (non-hydrogen) atoms. The van der Waals surface area contributed by atoms with Crippen molar-refractivity contribution in [3.05, 3.63) is 11.6 Å². The Morgan fingerprint density at radius 2 is 2.13 bits per heavy atom. The van der Waals surface area contributed by atoms with Gasteiger partial charge in [-0.1, -0.05) is 26.7 Å². The van der Waals surface area contributed by atoms with Gasteiger partial charge in [0.1, 0.15) is 5.82 Å². The normalized spacial score (nSPS) is 21.3. The van der Waals surface area contributed by atoms with Gasteiger partial charge in [-0.2, -0.15) is 0 Å². The lowest BCUT2D eigenvalue weighted by atomic mass is 9.87. The standard InChI is InChI=1S/C17H30N6/c1-4-13(5-2)14-8-10-22(12-14)17(18-3)19-11-16-21-20-15-7-6-9-23(15)16/h13-14H,4-12H2,1-3H3,(H,18,19). The van der Waals surface area contributed by atoms with Gasteiger partial charge in [-0.15, -0.1) is 10.2 Å². The fourth-order valence-corrected chi connectivity index (χ4v) is 4.15. The number of nitrogens with one attached hydrogen (secondary N) is 1. The quantitative estimate of drug-likeness (QED) is 0.667. The lowest BCUT2D eigenvalue weighted by molar-refractivity contribution is 0.319. The first-order chi connectivity index (χ1) is 11.3. The van der Waals surface area contributed by atoms with Crippen molar-refractivity contribution < 1.29 is 0 Å². The highest BCUT2D eigenvalue weighted by Crippen LogP contribution is 2.28. The number of aryl methyl sites for hydroxylation is 1. The molecule has 1 fully saturated rings. The first kappa shape index (κ1) is 16.3. The van der Waals surface area contributed by atoms with E-state index >= 15 is 0 Å². The van der Waals surface area contributed by atoms with Crippen molar-refractivity contribution in [1.29, 1.82) is 0 Å². The molecule has 0 radical (unpaired) electrons. The summed E-state index contributed by atoms with van der Waals surface area (Å²) in [4.78, 5) is 6.89. The summed E-state index contributed by atoms with van der Waals surface area (Å²) >= 11 is 0. The van der Waals surface area contributed by atoms with Gasteiger partial charge in [0.05, 0.1) is 6.54 Å². The van der Waals surface area contributed by atoms with Crippen LogP contribution in [0, 0.1) is 11.8 Å². The van der Waals surface area contributed by atoms with Crippen molar-refractivity contribution in [1.82, 2.24) is 25.0 Å². The lowest BCUT2D eigenvalue weighted by Crippen LogP contribution is -2.40.